The van der Waals surface area contributed by atoms with E-state index in [0.717, 1.165) is 19.3 Å². The summed E-state index contributed by atoms with van der Waals surface area (Å²) in [5.41, 5.74) is 1.25. The van der Waals surface area contributed by atoms with Gasteiger partial charge < -0.3 is 15.2 Å². The van der Waals surface area contributed by atoms with E-state index in [2.05, 4.69) is 19.2 Å². The quantitative estimate of drug-likeness (QED) is 0.846. The number of benzene rings is 1. The Labute approximate surface area is 126 Å². The zero-order chi connectivity index (χ0) is 15.2. The van der Waals surface area contributed by atoms with Gasteiger partial charge in [-0.2, -0.15) is 0 Å². The largest absolute Gasteiger partial charge is 0.484 e. The van der Waals surface area contributed by atoms with Crippen LogP contribution in [0.25, 0.3) is 0 Å². The predicted octanol–water partition coefficient (Wildman–Crippen LogP) is 2.47. The molecule has 1 aliphatic carbocycles. The van der Waals surface area contributed by atoms with Crippen molar-refractivity contribution in [1.29, 1.82) is 0 Å². The van der Waals surface area contributed by atoms with Crippen LogP contribution in [0.3, 0.4) is 0 Å². The van der Waals surface area contributed by atoms with Gasteiger partial charge in [-0.05, 0) is 36.5 Å². The summed E-state index contributed by atoms with van der Waals surface area (Å²) < 4.78 is 5.47. The average Bonchev–Trinajstić information content (AvgIpc) is 2.88. The standard InChI is InChI=1S/C17H25NO3/c1-12(2)13-6-8-15(9-7-13)21-11-17(20)18-10-14-4-3-5-16(14)19/h6-9,12,14,16,19H,3-5,10-11H2,1-2H3,(H,18,20). The zero-order valence-electron chi connectivity index (χ0n) is 12.8. The van der Waals surface area contributed by atoms with E-state index < -0.39 is 0 Å². The molecule has 0 radical (unpaired) electrons. The highest BCUT2D eigenvalue weighted by Crippen LogP contribution is 2.24. The molecule has 2 rings (SSSR count). The van der Waals surface area contributed by atoms with Crippen molar-refractivity contribution in [2.24, 2.45) is 5.92 Å². The number of rotatable bonds is 6. The lowest BCUT2D eigenvalue weighted by Gasteiger charge is -2.15. The van der Waals surface area contributed by atoms with Crippen LogP contribution in [0, 0.1) is 5.92 Å². The third-order valence-corrected chi connectivity index (χ3v) is 4.10. The van der Waals surface area contributed by atoms with Crippen LogP contribution in [-0.4, -0.2) is 30.3 Å². The van der Waals surface area contributed by atoms with Gasteiger partial charge in [0.05, 0.1) is 6.10 Å². The van der Waals surface area contributed by atoms with E-state index >= 15 is 0 Å². The van der Waals surface area contributed by atoms with E-state index in [1.807, 2.05) is 24.3 Å². The van der Waals surface area contributed by atoms with Gasteiger partial charge in [-0.3, -0.25) is 4.79 Å². The third-order valence-electron chi connectivity index (χ3n) is 4.10. The Morgan fingerprint density at radius 1 is 1.33 bits per heavy atom. The number of ether oxygens (including phenoxy) is 1. The van der Waals surface area contributed by atoms with E-state index in [-0.39, 0.29) is 24.5 Å². The van der Waals surface area contributed by atoms with Crippen molar-refractivity contribution in [2.75, 3.05) is 13.2 Å². The molecule has 4 nitrogen and oxygen atoms in total. The van der Waals surface area contributed by atoms with Crippen molar-refractivity contribution >= 4 is 5.91 Å². The van der Waals surface area contributed by atoms with Crippen LogP contribution in [0.4, 0.5) is 0 Å². The summed E-state index contributed by atoms with van der Waals surface area (Å²) in [5, 5.41) is 12.5. The minimum absolute atomic E-state index is 0.0177. The lowest BCUT2D eigenvalue weighted by molar-refractivity contribution is -0.123. The number of carbonyl (C=O) groups excluding carboxylic acids is 1. The first-order valence-corrected chi connectivity index (χ1v) is 7.74. The number of aliphatic hydroxyl groups is 1. The normalized spacial score (nSPS) is 21.5. The lowest BCUT2D eigenvalue weighted by atomic mass is 10.0. The Bertz CT molecular complexity index is 456. The Hall–Kier alpha value is -1.55. The summed E-state index contributed by atoms with van der Waals surface area (Å²) in [6, 6.07) is 7.83. The van der Waals surface area contributed by atoms with Gasteiger partial charge in [0.2, 0.25) is 0 Å². The topological polar surface area (TPSA) is 58.6 Å². The van der Waals surface area contributed by atoms with Crippen LogP contribution in [-0.2, 0) is 4.79 Å². The molecule has 116 valence electrons. The molecule has 1 fully saturated rings. The molecule has 0 aliphatic heterocycles. The van der Waals surface area contributed by atoms with Gasteiger partial charge in [0.25, 0.3) is 5.91 Å². The molecule has 2 atom stereocenters. The van der Waals surface area contributed by atoms with Gasteiger partial charge in [0, 0.05) is 12.5 Å². The van der Waals surface area contributed by atoms with E-state index in [0.29, 0.717) is 18.2 Å². The molecule has 1 aromatic rings. The molecule has 0 spiro atoms. The first-order chi connectivity index (χ1) is 10.1. The molecule has 0 heterocycles. The summed E-state index contributed by atoms with van der Waals surface area (Å²) in [5.74, 6) is 1.25. The lowest BCUT2D eigenvalue weighted by Crippen LogP contribution is -2.35. The smallest absolute Gasteiger partial charge is 0.257 e. The van der Waals surface area contributed by atoms with Crippen LogP contribution < -0.4 is 10.1 Å². The molecule has 4 heteroatoms. The average molecular weight is 291 g/mol. The van der Waals surface area contributed by atoms with Crippen molar-refractivity contribution in [3.8, 4) is 5.75 Å². The van der Waals surface area contributed by atoms with Crippen LogP contribution in [0.2, 0.25) is 0 Å². The molecule has 1 amide bonds. The second kappa shape index (κ2) is 7.46. The number of nitrogens with one attached hydrogen (secondary N) is 1. The number of aliphatic hydroxyl groups excluding tert-OH is 1. The van der Waals surface area contributed by atoms with Gasteiger partial charge in [-0.25, -0.2) is 0 Å². The van der Waals surface area contributed by atoms with Crippen molar-refractivity contribution in [3.63, 3.8) is 0 Å². The van der Waals surface area contributed by atoms with Crippen molar-refractivity contribution in [2.45, 2.75) is 45.1 Å². The monoisotopic (exact) mass is 291 g/mol. The highest BCUT2D eigenvalue weighted by Gasteiger charge is 2.25. The molecule has 1 saturated carbocycles. The molecule has 0 saturated heterocycles. The van der Waals surface area contributed by atoms with E-state index in [1.54, 1.807) is 0 Å². The van der Waals surface area contributed by atoms with Gasteiger partial charge >= 0.3 is 0 Å². The molecule has 2 N–H and O–H groups in total. The second-order valence-corrected chi connectivity index (χ2v) is 6.07. The molecular weight excluding hydrogens is 266 g/mol. The molecule has 2 unspecified atom stereocenters. The number of hydrogen-bond acceptors (Lipinski definition) is 3. The second-order valence-electron chi connectivity index (χ2n) is 6.07. The van der Waals surface area contributed by atoms with Crippen LogP contribution in [0.5, 0.6) is 5.75 Å². The van der Waals surface area contributed by atoms with Crippen molar-refractivity contribution in [3.05, 3.63) is 29.8 Å². The minimum atomic E-state index is -0.269. The van der Waals surface area contributed by atoms with E-state index in [9.17, 15) is 9.90 Å². The van der Waals surface area contributed by atoms with Gasteiger partial charge in [-0.1, -0.05) is 32.4 Å². The predicted molar refractivity (Wildman–Crippen MR) is 82.4 cm³/mol. The first kappa shape index (κ1) is 15.8. The van der Waals surface area contributed by atoms with Gasteiger partial charge in [0.1, 0.15) is 5.75 Å². The summed E-state index contributed by atoms with van der Waals surface area (Å²) >= 11 is 0. The Morgan fingerprint density at radius 3 is 2.62 bits per heavy atom. The maximum Gasteiger partial charge on any atom is 0.257 e. The molecule has 1 aliphatic rings. The maximum absolute atomic E-state index is 11.7. The molecule has 0 aromatic heterocycles. The van der Waals surface area contributed by atoms with Crippen LogP contribution in [0.1, 0.15) is 44.6 Å². The Balaban J connectivity index is 1.71. The van der Waals surface area contributed by atoms with Gasteiger partial charge in [-0.15, -0.1) is 0 Å². The van der Waals surface area contributed by atoms with Crippen LogP contribution >= 0.6 is 0 Å². The molecule has 1 aromatic carbocycles. The molecule has 21 heavy (non-hydrogen) atoms. The summed E-state index contributed by atoms with van der Waals surface area (Å²) in [6.07, 6.45) is 2.60. The van der Waals surface area contributed by atoms with Crippen molar-refractivity contribution < 1.29 is 14.6 Å². The van der Waals surface area contributed by atoms with E-state index in [4.69, 9.17) is 4.74 Å². The Morgan fingerprint density at radius 2 is 2.05 bits per heavy atom. The SMILES string of the molecule is CC(C)c1ccc(OCC(=O)NCC2CCCC2O)cc1. The highest BCUT2D eigenvalue weighted by atomic mass is 16.5. The first-order valence-electron chi connectivity index (χ1n) is 7.74. The third kappa shape index (κ3) is 4.74. The fourth-order valence-corrected chi connectivity index (χ4v) is 2.65. The van der Waals surface area contributed by atoms with Gasteiger partial charge in [0.15, 0.2) is 6.61 Å². The summed E-state index contributed by atoms with van der Waals surface area (Å²) in [7, 11) is 0. The maximum atomic E-state index is 11.7. The number of carbonyl (C=O) groups is 1. The zero-order valence-corrected chi connectivity index (χ0v) is 12.8. The number of amides is 1. The van der Waals surface area contributed by atoms with Crippen molar-refractivity contribution in [1.82, 2.24) is 5.32 Å². The van der Waals surface area contributed by atoms with E-state index in [1.165, 1.54) is 5.56 Å². The van der Waals surface area contributed by atoms with Crippen LogP contribution in [0.15, 0.2) is 24.3 Å². The fraction of sp³-hybridized carbons (Fsp3) is 0.588. The molecular formula is C17H25NO3. The minimum Gasteiger partial charge on any atom is -0.484 e. The summed E-state index contributed by atoms with van der Waals surface area (Å²) in [6.45, 7) is 4.83. The fourth-order valence-electron chi connectivity index (χ4n) is 2.65. The number of hydrogen-bond donors (Lipinski definition) is 2. The molecule has 0 bridgehead atoms. The summed E-state index contributed by atoms with van der Waals surface area (Å²) in [4.78, 5) is 11.7. The Kier molecular flexibility index (Phi) is 5.62. The highest BCUT2D eigenvalue weighted by molar-refractivity contribution is 5.77.